The Labute approximate surface area is 154 Å². The second kappa shape index (κ2) is 8.41. The Hall–Kier alpha value is -2.58. The lowest BCUT2D eigenvalue weighted by Crippen LogP contribution is -2.35. The zero-order valence-corrected chi connectivity index (χ0v) is 14.8. The number of carbonyl (C=O) groups excluding carboxylic acids is 2. The van der Waals surface area contributed by atoms with Crippen LogP contribution in [0, 0.1) is 11.8 Å². The van der Waals surface area contributed by atoms with E-state index >= 15 is 0 Å². The van der Waals surface area contributed by atoms with Gasteiger partial charge in [-0.2, -0.15) is 13.2 Å². The number of likely N-dealkylation sites (tertiary alicyclic amines) is 1. The number of nitrogens with one attached hydrogen (secondary N) is 1. The number of benzene rings is 1. The molecule has 1 aromatic carbocycles. The van der Waals surface area contributed by atoms with Gasteiger partial charge in [0.05, 0.1) is 11.5 Å². The Morgan fingerprint density at radius 3 is 2.70 bits per heavy atom. The van der Waals surface area contributed by atoms with E-state index in [4.69, 9.17) is 5.11 Å². The van der Waals surface area contributed by atoms with Gasteiger partial charge in [0, 0.05) is 32.5 Å². The Kier molecular flexibility index (Phi) is 6.45. The molecule has 0 bridgehead atoms. The summed E-state index contributed by atoms with van der Waals surface area (Å²) in [7, 11) is 0. The minimum Gasteiger partial charge on any atom is -0.481 e. The molecule has 1 heterocycles. The molecule has 2 amide bonds. The van der Waals surface area contributed by atoms with Crippen molar-refractivity contribution in [2.45, 2.75) is 32.5 Å². The molecule has 27 heavy (non-hydrogen) atoms. The molecule has 0 saturated carbocycles. The Bertz CT molecular complexity index is 721. The molecule has 2 unspecified atom stereocenters. The van der Waals surface area contributed by atoms with Gasteiger partial charge in [0.2, 0.25) is 11.8 Å². The van der Waals surface area contributed by atoms with Crippen molar-refractivity contribution in [3.8, 4) is 0 Å². The standard InChI is InChI=1S/C18H21F3N2O4/c1-11(5-16(25)26)8-22-17(27)13-7-15(24)23(10-13)9-12-3-2-4-14(6-12)18(19,20)21/h2-4,6,11,13H,5,7-10H2,1H3,(H,22,27)(H,25,26). The van der Waals surface area contributed by atoms with E-state index in [1.165, 1.54) is 17.0 Å². The maximum absolute atomic E-state index is 12.8. The van der Waals surface area contributed by atoms with E-state index in [1.54, 1.807) is 6.92 Å². The second-order valence-corrected chi connectivity index (χ2v) is 6.82. The molecule has 1 aliphatic heterocycles. The molecule has 2 atom stereocenters. The van der Waals surface area contributed by atoms with E-state index in [9.17, 15) is 27.6 Å². The van der Waals surface area contributed by atoms with Gasteiger partial charge in [-0.05, 0) is 23.6 Å². The van der Waals surface area contributed by atoms with Crippen LogP contribution in [0.2, 0.25) is 0 Å². The largest absolute Gasteiger partial charge is 0.481 e. The van der Waals surface area contributed by atoms with Gasteiger partial charge in [-0.1, -0.05) is 19.1 Å². The van der Waals surface area contributed by atoms with Crippen molar-refractivity contribution < 1.29 is 32.7 Å². The van der Waals surface area contributed by atoms with Crippen LogP contribution in [0.1, 0.15) is 30.9 Å². The predicted molar refractivity (Wildman–Crippen MR) is 89.4 cm³/mol. The number of halogens is 3. The Morgan fingerprint density at radius 2 is 2.07 bits per heavy atom. The zero-order chi connectivity index (χ0) is 20.2. The highest BCUT2D eigenvalue weighted by atomic mass is 19.4. The molecule has 9 heteroatoms. The maximum Gasteiger partial charge on any atom is 0.416 e. The number of amides is 2. The van der Waals surface area contributed by atoms with E-state index in [0.717, 1.165) is 12.1 Å². The second-order valence-electron chi connectivity index (χ2n) is 6.82. The molecule has 2 rings (SSSR count). The Balaban J connectivity index is 1.91. The van der Waals surface area contributed by atoms with Gasteiger partial charge in [0.25, 0.3) is 0 Å². The number of carboxylic acid groups (broad SMARTS) is 1. The SMILES string of the molecule is CC(CNC(=O)C1CC(=O)N(Cc2cccc(C(F)(F)F)c2)C1)CC(=O)O. The molecule has 1 aliphatic rings. The van der Waals surface area contributed by atoms with E-state index in [0.29, 0.717) is 5.56 Å². The van der Waals surface area contributed by atoms with Gasteiger partial charge >= 0.3 is 12.1 Å². The van der Waals surface area contributed by atoms with E-state index in [-0.39, 0.29) is 50.2 Å². The highest BCUT2D eigenvalue weighted by Gasteiger charge is 2.35. The zero-order valence-electron chi connectivity index (χ0n) is 14.8. The van der Waals surface area contributed by atoms with Crippen molar-refractivity contribution in [1.29, 1.82) is 0 Å². The summed E-state index contributed by atoms with van der Waals surface area (Å²) in [5.41, 5.74) is -0.442. The van der Waals surface area contributed by atoms with Crippen LogP contribution in [0.15, 0.2) is 24.3 Å². The first kappa shape index (κ1) is 20.7. The van der Waals surface area contributed by atoms with Crippen molar-refractivity contribution in [2.24, 2.45) is 11.8 Å². The molecule has 6 nitrogen and oxygen atoms in total. The topological polar surface area (TPSA) is 86.7 Å². The first-order valence-electron chi connectivity index (χ1n) is 8.49. The fourth-order valence-corrected chi connectivity index (χ4v) is 2.96. The molecule has 1 aromatic rings. The maximum atomic E-state index is 12.8. The number of nitrogens with zero attached hydrogens (tertiary/aromatic N) is 1. The number of aliphatic carboxylic acids is 1. The third kappa shape index (κ3) is 5.97. The van der Waals surface area contributed by atoms with Gasteiger partial charge in [-0.25, -0.2) is 0 Å². The lowest BCUT2D eigenvalue weighted by atomic mass is 10.1. The summed E-state index contributed by atoms with van der Waals surface area (Å²) in [5, 5.41) is 11.3. The van der Waals surface area contributed by atoms with E-state index in [2.05, 4.69) is 5.32 Å². The quantitative estimate of drug-likeness (QED) is 0.753. The fraction of sp³-hybridized carbons (Fsp3) is 0.500. The molecule has 0 aliphatic carbocycles. The molecule has 1 fully saturated rings. The molecule has 148 valence electrons. The summed E-state index contributed by atoms with van der Waals surface area (Å²) in [5.74, 6) is -2.46. The van der Waals surface area contributed by atoms with Crippen molar-refractivity contribution in [3.05, 3.63) is 35.4 Å². The molecule has 0 radical (unpaired) electrons. The van der Waals surface area contributed by atoms with Crippen LogP contribution in [-0.2, 0) is 27.1 Å². The third-order valence-corrected chi connectivity index (χ3v) is 4.36. The number of hydrogen-bond donors (Lipinski definition) is 2. The van der Waals surface area contributed by atoms with Crippen molar-refractivity contribution in [3.63, 3.8) is 0 Å². The number of rotatable bonds is 7. The summed E-state index contributed by atoms with van der Waals surface area (Å²) in [4.78, 5) is 36.3. The summed E-state index contributed by atoms with van der Waals surface area (Å²) < 4.78 is 38.4. The van der Waals surface area contributed by atoms with E-state index < -0.39 is 23.6 Å². The number of carboxylic acids is 1. The lowest BCUT2D eigenvalue weighted by molar-refractivity contribution is -0.138. The predicted octanol–water partition coefficient (Wildman–Crippen LogP) is 2.28. The number of hydrogen-bond acceptors (Lipinski definition) is 3. The normalized spacial score (nSPS) is 18.4. The van der Waals surface area contributed by atoms with Crippen LogP contribution in [0.25, 0.3) is 0 Å². The fourth-order valence-electron chi connectivity index (χ4n) is 2.96. The van der Waals surface area contributed by atoms with Crippen LogP contribution in [0.4, 0.5) is 13.2 Å². The van der Waals surface area contributed by atoms with Gasteiger partial charge in [0.1, 0.15) is 0 Å². The summed E-state index contributed by atoms with van der Waals surface area (Å²) >= 11 is 0. The Morgan fingerprint density at radius 1 is 1.37 bits per heavy atom. The lowest BCUT2D eigenvalue weighted by Gasteiger charge is -2.18. The van der Waals surface area contributed by atoms with Crippen LogP contribution < -0.4 is 5.32 Å². The van der Waals surface area contributed by atoms with Crippen LogP contribution in [0.5, 0.6) is 0 Å². The summed E-state index contributed by atoms with van der Waals surface area (Å²) in [6, 6.07) is 4.74. The molecule has 0 aromatic heterocycles. The minimum absolute atomic E-state index is 0.00193. The third-order valence-electron chi connectivity index (χ3n) is 4.36. The van der Waals surface area contributed by atoms with Crippen LogP contribution >= 0.6 is 0 Å². The van der Waals surface area contributed by atoms with Gasteiger partial charge in [-0.3, -0.25) is 14.4 Å². The number of alkyl halides is 3. The van der Waals surface area contributed by atoms with Crippen molar-refractivity contribution in [1.82, 2.24) is 10.2 Å². The summed E-state index contributed by atoms with van der Waals surface area (Å²) in [6.45, 7) is 1.99. The van der Waals surface area contributed by atoms with Gasteiger partial charge in [-0.15, -0.1) is 0 Å². The average Bonchev–Trinajstić information content (AvgIpc) is 2.92. The van der Waals surface area contributed by atoms with Gasteiger partial charge in [0.15, 0.2) is 0 Å². The van der Waals surface area contributed by atoms with Crippen molar-refractivity contribution >= 4 is 17.8 Å². The monoisotopic (exact) mass is 386 g/mol. The van der Waals surface area contributed by atoms with Crippen LogP contribution in [-0.4, -0.2) is 40.9 Å². The van der Waals surface area contributed by atoms with E-state index in [1.807, 2.05) is 0 Å². The first-order valence-corrected chi connectivity index (χ1v) is 8.49. The molecular formula is C18H21F3N2O4. The average molecular weight is 386 g/mol. The minimum atomic E-state index is -4.46. The highest BCUT2D eigenvalue weighted by molar-refractivity contribution is 5.89. The smallest absolute Gasteiger partial charge is 0.416 e. The molecular weight excluding hydrogens is 365 g/mol. The summed E-state index contributed by atoms with van der Waals surface area (Å²) in [6.07, 6.45) is -4.55. The van der Waals surface area contributed by atoms with Crippen LogP contribution in [0.3, 0.4) is 0 Å². The molecule has 0 spiro atoms. The molecule has 1 saturated heterocycles. The first-order chi connectivity index (χ1) is 12.6. The highest BCUT2D eigenvalue weighted by Crippen LogP contribution is 2.30. The van der Waals surface area contributed by atoms with Gasteiger partial charge < -0.3 is 15.3 Å². The molecule has 2 N–H and O–H groups in total. The van der Waals surface area contributed by atoms with Crippen molar-refractivity contribution in [2.75, 3.05) is 13.1 Å². The number of carbonyl (C=O) groups is 3.